The molecular weight excluding hydrogens is 500 g/mol. The molecule has 1 fully saturated rings. The van der Waals surface area contributed by atoms with Crippen LogP contribution in [0.2, 0.25) is 0 Å². The molecule has 0 radical (unpaired) electrons. The minimum Gasteiger partial charge on any atom is -0.480 e. The molecule has 0 saturated carbocycles. The Hall–Kier alpha value is -3.58. The molecular formula is C24H32N6O6S. The van der Waals surface area contributed by atoms with Crippen LogP contribution in [-0.4, -0.2) is 81.1 Å². The van der Waals surface area contributed by atoms with E-state index in [0.29, 0.717) is 12.8 Å². The lowest BCUT2D eigenvalue weighted by Gasteiger charge is -2.29. The topological polar surface area (TPSA) is 201 Å². The summed E-state index contributed by atoms with van der Waals surface area (Å²) >= 11 is 3.94. The van der Waals surface area contributed by atoms with Gasteiger partial charge in [0.2, 0.25) is 23.6 Å². The first kappa shape index (κ1) is 28.0. The highest BCUT2D eigenvalue weighted by Crippen LogP contribution is 2.21. The van der Waals surface area contributed by atoms with Gasteiger partial charge in [0.1, 0.15) is 18.1 Å². The number of carboxylic acids is 1. The lowest BCUT2D eigenvalue weighted by atomic mass is 10.0. The number of aromatic amines is 1. The molecule has 0 bridgehead atoms. The van der Waals surface area contributed by atoms with Crippen LogP contribution in [-0.2, 0) is 30.4 Å². The summed E-state index contributed by atoms with van der Waals surface area (Å²) in [6, 6.07) is 3.34. The van der Waals surface area contributed by atoms with Gasteiger partial charge < -0.3 is 37.1 Å². The number of likely N-dealkylation sites (tertiary alicyclic amines) is 1. The second-order valence-corrected chi connectivity index (χ2v) is 9.37. The van der Waals surface area contributed by atoms with Crippen molar-refractivity contribution in [3.05, 3.63) is 36.0 Å². The van der Waals surface area contributed by atoms with Gasteiger partial charge in [0.15, 0.2) is 0 Å². The number of rotatable bonds is 12. The summed E-state index contributed by atoms with van der Waals surface area (Å²) in [6.45, 7) is 0.236. The van der Waals surface area contributed by atoms with Crippen molar-refractivity contribution in [3.63, 3.8) is 0 Å². The number of carboxylic acid groups (broad SMARTS) is 1. The monoisotopic (exact) mass is 532 g/mol. The van der Waals surface area contributed by atoms with Crippen LogP contribution in [0.1, 0.15) is 31.2 Å². The van der Waals surface area contributed by atoms with Crippen LogP contribution in [0.4, 0.5) is 0 Å². The molecule has 2 heterocycles. The van der Waals surface area contributed by atoms with Crippen LogP contribution in [0, 0.1) is 0 Å². The van der Waals surface area contributed by atoms with Crippen molar-refractivity contribution >= 4 is 53.1 Å². The Bertz CT molecular complexity index is 1170. The average molecular weight is 533 g/mol. The largest absolute Gasteiger partial charge is 0.480 e. The number of hydrogen-bond donors (Lipinski definition) is 7. The third kappa shape index (κ3) is 7.01. The standard InChI is InChI=1S/C24H32N6O6S/c25-15(10-13-11-27-16-5-2-1-4-14(13)16)21(32)28-17(7-8-20(26)31)23(34)30-9-3-6-19(30)22(33)29-18(12-37)24(35)36/h1-2,4-5,11,15,17-19,27,37H,3,6-10,12,25H2,(H2,26,31)(H,28,32)(H,29,33)(H,35,36). The van der Waals surface area contributed by atoms with Gasteiger partial charge in [0.05, 0.1) is 6.04 Å². The molecule has 200 valence electrons. The molecule has 8 N–H and O–H groups in total. The fraction of sp³-hybridized carbons (Fsp3) is 0.458. The van der Waals surface area contributed by atoms with Crippen molar-refractivity contribution in [2.75, 3.05) is 12.3 Å². The number of H-pyrrole nitrogens is 1. The molecule has 3 rings (SSSR count). The van der Waals surface area contributed by atoms with Gasteiger partial charge in [-0.25, -0.2) is 4.79 Å². The Labute approximate surface area is 218 Å². The SMILES string of the molecule is NC(=O)CCC(NC(=O)C(N)Cc1c[nH]c2ccccc12)C(=O)N1CCCC1C(=O)NC(CS)C(=O)O. The number of benzene rings is 1. The molecule has 4 amide bonds. The summed E-state index contributed by atoms with van der Waals surface area (Å²) in [4.78, 5) is 66.3. The Morgan fingerprint density at radius 3 is 2.57 bits per heavy atom. The third-order valence-corrected chi connectivity index (χ3v) is 6.75. The molecule has 1 aliphatic heterocycles. The summed E-state index contributed by atoms with van der Waals surface area (Å²) in [7, 11) is 0. The zero-order valence-corrected chi connectivity index (χ0v) is 21.1. The van der Waals surface area contributed by atoms with Gasteiger partial charge in [-0.3, -0.25) is 19.2 Å². The van der Waals surface area contributed by atoms with Gasteiger partial charge in [-0.2, -0.15) is 12.6 Å². The molecule has 1 aromatic carbocycles. The number of aliphatic carboxylic acids is 1. The Morgan fingerprint density at radius 2 is 1.89 bits per heavy atom. The highest BCUT2D eigenvalue weighted by molar-refractivity contribution is 7.80. The number of nitrogens with one attached hydrogen (secondary N) is 3. The minimum atomic E-state index is -1.24. The number of carbonyl (C=O) groups is 5. The Kier molecular flexibility index (Phi) is 9.53. The summed E-state index contributed by atoms with van der Waals surface area (Å²) in [6.07, 6.45) is 2.59. The molecule has 12 nitrogen and oxygen atoms in total. The average Bonchev–Trinajstić information content (AvgIpc) is 3.52. The number of aromatic nitrogens is 1. The number of nitrogens with two attached hydrogens (primary N) is 2. The second-order valence-electron chi connectivity index (χ2n) is 9.01. The quantitative estimate of drug-likeness (QED) is 0.175. The van der Waals surface area contributed by atoms with Crippen LogP contribution in [0.5, 0.6) is 0 Å². The summed E-state index contributed by atoms with van der Waals surface area (Å²) in [5.41, 5.74) is 13.2. The zero-order valence-electron chi connectivity index (χ0n) is 20.2. The molecule has 1 aromatic heterocycles. The Balaban J connectivity index is 1.71. The van der Waals surface area contributed by atoms with Crippen LogP contribution < -0.4 is 22.1 Å². The number of nitrogens with zero attached hydrogens (tertiary/aromatic N) is 1. The third-order valence-electron chi connectivity index (χ3n) is 6.38. The Morgan fingerprint density at radius 1 is 1.16 bits per heavy atom. The fourth-order valence-corrected chi connectivity index (χ4v) is 4.66. The number of para-hydroxylation sites is 1. The first-order valence-electron chi connectivity index (χ1n) is 12.0. The van der Waals surface area contributed by atoms with Crippen LogP contribution >= 0.6 is 12.6 Å². The van der Waals surface area contributed by atoms with Crippen molar-refractivity contribution < 1.29 is 29.1 Å². The number of carbonyl (C=O) groups excluding carboxylic acids is 4. The predicted octanol–water partition coefficient (Wildman–Crippen LogP) is -0.722. The van der Waals surface area contributed by atoms with Gasteiger partial charge in [-0.15, -0.1) is 0 Å². The first-order valence-corrected chi connectivity index (χ1v) is 12.6. The summed E-state index contributed by atoms with van der Waals surface area (Å²) in [5.74, 6) is -3.78. The second kappa shape index (κ2) is 12.6. The van der Waals surface area contributed by atoms with Crippen molar-refractivity contribution in [3.8, 4) is 0 Å². The minimum absolute atomic E-state index is 0.0705. The highest BCUT2D eigenvalue weighted by Gasteiger charge is 2.39. The molecule has 0 aliphatic carbocycles. The number of fused-ring (bicyclic) bond motifs is 1. The van der Waals surface area contributed by atoms with E-state index < -0.39 is 53.8 Å². The van der Waals surface area contributed by atoms with E-state index in [1.807, 2.05) is 24.3 Å². The molecule has 1 saturated heterocycles. The van der Waals surface area contributed by atoms with E-state index in [9.17, 15) is 29.1 Å². The smallest absolute Gasteiger partial charge is 0.327 e. The maximum atomic E-state index is 13.4. The number of amides is 4. The molecule has 37 heavy (non-hydrogen) atoms. The van der Waals surface area contributed by atoms with Gasteiger partial charge in [-0.1, -0.05) is 18.2 Å². The molecule has 13 heteroatoms. The van der Waals surface area contributed by atoms with Gasteiger partial charge in [0, 0.05) is 35.8 Å². The number of hydrogen-bond acceptors (Lipinski definition) is 7. The van der Waals surface area contributed by atoms with Crippen molar-refractivity contribution in [2.45, 2.75) is 56.3 Å². The van der Waals surface area contributed by atoms with Crippen LogP contribution in [0.3, 0.4) is 0 Å². The maximum Gasteiger partial charge on any atom is 0.327 e. The fourth-order valence-electron chi connectivity index (χ4n) is 4.41. The molecule has 4 atom stereocenters. The number of thiol groups is 1. The molecule has 4 unspecified atom stereocenters. The van der Waals surface area contributed by atoms with Crippen LogP contribution in [0.15, 0.2) is 30.5 Å². The van der Waals surface area contributed by atoms with Crippen molar-refractivity contribution in [1.29, 1.82) is 0 Å². The highest BCUT2D eigenvalue weighted by atomic mass is 32.1. The van der Waals surface area contributed by atoms with Gasteiger partial charge >= 0.3 is 5.97 Å². The van der Waals surface area contributed by atoms with Gasteiger partial charge in [-0.05, 0) is 37.3 Å². The molecule has 2 aromatic rings. The maximum absolute atomic E-state index is 13.4. The van der Waals surface area contributed by atoms with E-state index in [2.05, 4.69) is 28.2 Å². The van der Waals surface area contributed by atoms with Gasteiger partial charge in [0.25, 0.3) is 0 Å². The molecule has 1 aliphatic rings. The van der Waals surface area contributed by atoms with E-state index in [-0.39, 0.29) is 31.6 Å². The summed E-state index contributed by atoms with van der Waals surface area (Å²) < 4.78 is 0. The lowest BCUT2D eigenvalue weighted by molar-refractivity contribution is -0.144. The zero-order chi connectivity index (χ0) is 27.1. The molecule has 0 spiro atoms. The first-order chi connectivity index (χ1) is 17.6. The summed E-state index contributed by atoms with van der Waals surface area (Å²) in [5, 5.41) is 15.1. The van der Waals surface area contributed by atoms with Crippen LogP contribution in [0.25, 0.3) is 10.9 Å². The van der Waals surface area contributed by atoms with E-state index in [1.54, 1.807) is 6.20 Å². The normalized spacial score (nSPS) is 17.7. The van der Waals surface area contributed by atoms with E-state index in [0.717, 1.165) is 16.5 Å². The number of primary amides is 1. The van der Waals surface area contributed by atoms with Crippen molar-refractivity contribution in [2.24, 2.45) is 11.5 Å². The predicted molar refractivity (Wildman–Crippen MR) is 138 cm³/mol. The van der Waals surface area contributed by atoms with Crippen molar-refractivity contribution in [1.82, 2.24) is 20.5 Å². The van der Waals surface area contributed by atoms with E-state index in [4.69, 9.17) is 11.5 Å². The van der Waals surface area contributed by atoms with E-state index >= 15 is 0 Å². The van der Waals surface area contributed by atoms with E-state index in [1.165, 1.54) is 4.90 Å². The lowest BCUT2D eigenvalue weighted by Crippen LogP contribution is -2.57.